The molecule has 0 radical (unpaired) electrons. The number of rotatable bonds is 2. The van der Waals surface area contributed by atoms with Gasteiger partial charge >= 0.3 is 6.18 Å². The first-order chi connectivity index (χ1) is 9.38. The van der Waals surface area contributed by atoms with Crippen molar-refractivity contribution in [1.82, 2.24) is 4.98 Å². The summed E-state index contributed by atoms with van der Waals surface area (Å²) in [5.74, 6) is -0.580. The Morgan fingerprint density at radius 1 is 1.18 bits per heavy atom. The summed E-state index contributed by atoms with van der Waals surface area (Å²) < 4.78 is 37.8. The number of amides is 1. The number of halogens is 5. The molecule has 2 rings (SSSR count). The summed E-state index contributed by atoms with van der Waals surface area (Å²) in [4.78, 5) is 15.6. The first-order valence-corrected chi connectivity index (χ1v) is 5.56. The van der Waals surface area contributed by atoms with Gasteiger partial charge < -0.3 is 11.1 Å². The summed E-state index contributed by atoms with van der Waals surface area (Å²) in [5.41, 5.74) is 4.87. The van der Waals surface area contributed by atoms with E-state index in [0.29, 0.717) is 0 Å². The van der Waals surface area contributed by atoms with Crippen molar-refractivity contribution in [2.45, 2.75) is 6.18 Å². The Morgan fingerprint density at radius 3 is 2.41 bits per heavy atom. The number of aromatic nitrogens is 1. The van der Waals surface area contributed by atoms with Crippen LogP contribution in [0.25, 0.3) is 0 Å². The van der Waals surface area contributed by atoms with Gasteiger partial charge in [-0.3, -0.25) is 9.78 Å². The number of nitrogens with two attached hydrogens (primary N) is 1. The van der Waals surface area contributed by atoms with Gasteiger partial charge in [-0.05, 0) is 30.3 Å². The Balaban J connectivity index is 0.00000220. The fourth-order valence-corrected chi connectivity index (χ4v) is 1.53. The third kappa shape index (κ3) is 4.78. The first-order valence-electron chi connectivity index (χ1n) is 5.56. The van der Waals surface area contributed by atoms with Gasteiger partial charge in [0.1, 0.15) is 0 Å². The van der Waals surface area contributed by atoms with E-state index in [1.807, 2.05) is 0 Å². The molecular formula is C13H12Cl2F3N3O. The van der Waals surface area contributed by atoms with Crippen molar-refractivity contribution in [2.24, 2.45) is 0 Å². The molecule has 3 N–H and O–H groups in total. The zero-order valence-corrected chi connectivity index (χ0v) is 12.6. The normalized spacial score (nSPS) is 10.1. The molecule has 0 saturated heterocycles. The molecule has 4 nitrogen and oxygen atoms in total. The topological polar surface area (TPSA) is 68.0 Å². The fraction of sp³-hybridized carbons (Fsp3) is 0.0769. The van der Waals surface area contributed by atoms with Crippen molar-refractivity contribution < 1.29 is 18.0 Å². The second-order valence-corrected chi connectivity index (χ2v) is 4.00. The van der Waals surface area contributed by atoms with Gasteiger partial charge in [0.25, 0.3) is 5.91 Å². The lowest BCUT2D eigenvalue weighted by molar-refractivity contribution is -0.137. The molecule has 2 aromatic rings. The molecule has 0 atom stereocenters. The van der Waals surface area contributed by atoms with Crippen LogP contribution in [0.2, 0.25) is 0 Å². The van der Waals surface area contributed by atoms with Crippen molar-refractivity contribution in [3.63, 3.8) is 0 Å². The Bertz CT molecular complexity index is 636. The number of nitrogens with one attached hydrogen (secondary N) is 1. The van der Waals surface area contributed by atoms with Gasteiger partial charge in [-0.2, -0.15) is 13.2 Å². The summed E-state index contributed by atoms with van der Waals surface area (Å²) in [6.45, 7) is 0. The number of benzene rings is 1. The van der Waals surface area contributed by atoms with E-state index in [9.17, 15) is 18.0 Å². The van der Waals surface area contributed by atoms with E-state index < -0.39 is 17.6 Å². The van der Waals surface area contributed by atoms with E-state index in [1.165, 1.54) is 18.5 Å². The maximum absolute atomic E-state index is 12.6. The monoisotopic (exact) mass is 353 g/mol. The minimum atomic E-state index is -4.50. The molecule has 0 aliphatic rings. The molecule has 1 aromatic carbocycles. The van der Waals surface area contributed by atoms with Gasteiger partial charge in [-0.15, -0.1) is 24.8 Å². The van der Waals surface area contributed by atoms with E-state index in [1.54, 1.807) is 6.07 Å². The van der Waals surface area contributed by atoms with E-state index in [-0.39, 0.29) is 41.8 Å². The third-order valence-corrected chi connectivity index (χ3v) is 2.55. The number of nitrogen functional groups attached to an aromatic ring is 1. The van der Waals surface area contributed by atoms with Crippen LogP contribution in [-0.2, 0) is 6.18 Å². The molecule has 120 valence electrons. The predicted octanol–water partition coefficient (Wildman–Crippen LogP) is 3.78. The molecule has 0 fully saturated rings. The van der Waals surface area contributed by atoms with Crippen molar-refractivity contribution in [3.8, 4) is 0 Å². The van der Waals surface area contributed by atoms with Crippen LogP contribution < -0.4 is 11.1 Å². The molecule has 9 heteroatoms. The Labute approximate surface area is 136 Å². The van der Waals surface area contributed by atoms with Gasteiger partial charge in [-0.1, -0.05) is 0 Å². The van der Waals surface area contributed by atoms with Crippen LogP contribution in [0.15, 0.2) is 42.7 Å². The molecule has 0 aliphatic carbocycles. The van der Waals surface area contributed by atoms with E-state index >= 15 is 0 Å². The maximum atomic E-state index is 12.6. The zero-order valence-electron chi connectivity index (χ0n) is 10.9. The fourth-order valence-electron chi connectivity index (χ4n) is 1.53. The number of pyridine rings is 1. The standard InChI is InChI=1S/C13H10F3N3O.2ClH/c14-13(15,16)9-3-4-10(17)11(6-9)19-12(20)8-2-1-5-18-7-8;;/h1-7H,17H2,(H,19,20);2*1H. The van der Waals surface area contributed by atoms with E-state index in [4.69, 9.17) is 5.73 Å². The molecule has 1 amide bonds. The number of anilines is 2. The summed E-state index contributed by atoms with van der Waals surface area (Å²) >= 11 is 0. The summed E-state index contributed by atoms with van der Waals surface area (Å²) in [5, 5.41) is 2.34. The average Bonchev–Trinajstić information content (AvgIpc) is 2.41. The van der Waals surface area contributed by atoms with Gasteiger partial charge in [0, 0.05) is 12.4 Å². The lowest BCUT2D eigenvalue weighted by atomic mass is 10.1. The maximum Gasteiger partial charge on any atom is 0.416 e. The van der Waals surface area contributed by atoms with Crippen LogP contribution in [-0.4, -0.2) is 10.9 Å². The van der Waals surface area contributed by atoms with E-state index in [0.717, 1.165) is 18.2 Å². The van der Waals surface area contributed by atoms with Crippen LogP contribution in [0.1, 0.15) is 15.9 Å². The number of nitrogens with zero attached hydrogens (tertiary/aromatic N) is 1. The highest BCUT2D eigenvalue weighted by Crippen LogP contribution is 2.33. The molecule has 0 saturated carbocycles. The molecule has 0 unspecified atom stereocenters. The van der Waals surface area contributed by atoms with Gasteiger partial charge in [0.2, 0.25) is 0 Å². The average molecular weight is 354 g/mol. The third-order valence-electron chi connectivity index (χ3n) is 2.55. The van der Waals surface area contributed by atoms with Crippen LogP contribution in [0.5, 0.6) is 0 Å². The highest BCUT2D eigenvalue weighted by molar-refractivity contribution is 6.05. The predicted molar refractivity (Wildman–Crippen MR) is 82.5 cm³/mol. The highest BCUT2D eigenvalue weighted by atomic mass is 35.5. The van der Waals surface area contributed by atoms with Crippen LogP contribution >= 0.6 is 24.8 Å². The van der Waals surface area contributed by atoms with Crippen molar-refractivity contribution >= 4 is 42.1 Å². The lowest BCUT2D eigenvalue weighted by Gasteiger charge is -2.12. The zero-order chi connectivity index (χ0) is 14.8. The molecule has 22 heavy (non-hydrogen) atoms. The summed E-state index contributed by atoms with van der Waals surface area (Å²) in [7, 11) is 0. The summed E-state index contributed by atoms with van der Waals surface area (Å²) in [6, 6.07) is 5.79. The smallest absolute Gasteiger partial charge is 0.397 e. The number of carbonyl (C=O) groups excluding carboxylic acids is 1. The lowest BCUT2D eigenvalue weighted by Crippen LogP contribution is -2.14. The van der Waals surface area contributed by atoms with E-state index in [2.05, 4.69) is 10.3 Å². The minimum absolute atomic E-state index is 0. The number of carbonyl (C=O) groups is 1. The Kier molecular flexibility index (Phi) is 7.15. The molecule has 0 aliphatic heterocycles. The number of hydrogen-bond donors (Lipinski definition) is 2. The van der Waals surface area contributed by atoms with Gasteiger partial charge in [0.15, 0.2) is 0 Å². The van der Waals surface area contributed by atoms with Gasteiger partial charge in [-0.25, -0.2) is 0 Å². The second-order valence-electron chi connectivity index (χ2n) is 4.00. The molecule has 0 spiro atoms. The molecule has 0 bridgehead atoms. The quantitative estimate of drug-likeness (QED) is 0.807. The van der Waals surface area contributed by atoms with Crippen LogP contribution in [0.4, 0.5) is 24.5 Å². The van der Waals surface area contributed by atoms with Gasteiger partial charge in [0.05, 0.1) is 22.5 Å². The molecule has 1 heterocycles. The number of alkyl halides is 3. The number of hydrogen-bond acceptors (Lipinski definition) is 3. The van der Waals surface area contributed by atoms with Crippen LogP contribution in [0.3, 0.4) is 0 Å². The first kappa shape index (κ1) is 20.0. The Hall–Kier alpha value is -1.99. The largest absolute Gasteiger partial charge is 0.416 e. The summed E-state index contributed by atoms with van der Waals surface area (Å²) in [6.07, 6.45) is -1.71. The second kappa shape index (κ2) is 7.86. The Morgan fingerprint density at radius 2 is 1.86 bits per heavy atom. The highest BCUT2D eigenvalue weighted by Gasteiger charge is 2.31. The van der Waals surface area contributed by atoms with Crippen LogP contribution in [0, 0.1) is 0 Å². The molecular weight excluding hydrogens is 342 g/mol. The SMILES string of the molecule is Cl.Cl.Nc1ccc(C(F)(F)F)cc1NC(=O)c1cccnc1. The van der Waals surface area contributed by atoms with Crippen molar-refractivity contribution in [1.29, 1.82) is 0 Å². The van der Waals surface area contributed by atoms with Crippen molar-refractivity contribution in [2.75, 3.05) is 11.1 Å². The van der Waals surface area contributed by atoms with Crippen molar-refractivity contribution in [3.05, 3.63) is 53.9 Å². The minimum Gasteiger partial charge on any atom is -0.397 e. The molecule has 1 aromatic heterocycles.